The molecule has 8 nitrogen and oxygen atoms in total. The zero-order valence-electron chi connectivity index (χ0n) is 18.1. The van der Waals surface area contributed by atoms with E-state index in [1.54, 1.807) is 0 Å². The summed E-state index contributed by atoms with van der Waals surface area (Å²) in [6.45, 7) is 0.201. The molecule has 0 saturated heterocycles. The first-order valence-electron chi connectivity index (χ1n) is 11.3. The lowest BCUT2D eigenvalue weighted by atomic mass is 9.98. The zero-order chi connectivity index (χ0) is 23.0. The van der Waals surface area contributed by atoms with E-state index >= 15 is 0 Å². The number of carboxylic acids is 1. The van der Waals surface area contributed by atoms with Gasteiger partial charge in [-0.05, 0) is 53.9 Å². The van der Waals surface area contributed by atoms with E-state index in [0.717, 1.165) is 35.1 Å². The zero-order valence-corrected chi connectivity index (χ0v) is 18.1. The number of rotatable bonds is 9. The molecular weight excluding hydrogens is 424 g/mol. The molecule has 0 radical (unpaired) electrons. The molecule has 3 aliphatic rings. The number of amides is 2. The Hall–Kier alpha value is -3.39. The predicted octanol–water partition coefficient (Wildman–Crippen LogP) is 3.36. The summed E-state index contributed by atoms with van der Waals surface area (Å²) in [6, 6.07) is 16.2. The third-order valence-corrected chi connectivity index (χ3v) is 6.66. The van der Waals surface area contributed by atoms with E-state index in [1.165, 1.54) is 0 Å². The number of benzene rings is 2. The summed E-state index contributed by atoms with van der Waals surface area (Å²) in [5.74, 6) is -1.64. The van der Waals surface area contributed by atoms with Crippen LogP contribution in [0.4, 0.5) is 4.79 Å². The highest BCUT2D eigenvalue weighted by atomic mass is 16.7. The maximum absolute atomic E-state index is 12.5. The van der Waals surface area contributed by atoms with Crippen molar-refractivity contribution in [1.29, 1.82) is 0 Å². The second kappa shape index (κ2) is 8.51. The van der Waals surface area contributed by atoms with Crippen molar-refractivity contribution in [3.05, 3.63) is 59.7 Å². The standard InChI is InChI=1S/C25H26N2O6/c28-21(27-33-22(23(29)30)15-9-10-15)13-25(11-12-25)26-24(31)32-14-20-18-7-3-1-5-16(18)17-6-2-4-8-19(17)20/h1-8,15,20,22H,9-14H2,(H,26,31)(H,27,28)(H,29,30). The topological polar surface area (TPSA) is 114 Å². The summed E-state index contributed by atoms with van der Waals surface area (Å²) in [7, 11) is 0. The molecule has 2 fully saturated rings. The Morgan fingerprint density at radius 2 is 1.61 bits per heavy atom. The van der Waals surface area contributed by atoms with Gasteiger partial charge in [-0.15, -0.1) is 0 Å². The molecule has 1 atom stereocenters. The summed E-state index contributed by atoms with van der Waals surface area (Å²) >= 11 is 0. The molecule has 3 N–H and O–H groups in total. The van der Waals surface area contributed by atoms with Gasteiger partial charge in [0.2, 0.25) is 5.91 Å². The number of carbonyl (C=O) groups is 3. The molecule has 0 aromatic heterocycles. The van der Waals surface area contributed by atoms with Crippen molar-refractivity contribution in [1.82, 2.24) is 10.8 Å². The van der Waals surface area contributed by atoms with Gasteiger partial charge >= 0.3 is 12.1 Å². The van der Waals surface area contributed by atoms with E-state index in [0.29, 0.717) is 12.8 Å². The molecule has 8 heteroatoms. The molecule has 0 spiro atoms. The Balaban J connectivity index is 1.14. The Morgan fingerprint density at radius 1 is 1.00 bits per heavy atom. The summed E-state index contributed by atoms with van der Waals surface area (Å²) in [5.41, 5.74) is 6.15. The molecule has 0 heterocycles. The molecule has 0 bridgehead atoms. The van der Waals surface area contributed by atoms with E-state index in [9.17, 15) is 19.5 Å². The number of carbonyl (C=O) groups excluding carboxylic acids is 2. The van der Waals surface area contributed by atoms with Gasteiger partial charge in [-0.25, -0.2) is 15.1 Å². The van der Waals surface area contributed by atoms with Crippen molar-refractivity contribution in [2.75, 3.05) is 6.61 Å². The fourth-order valence-corrected chi connectivity index (χ4v) is 4.57. The average molecular weight is 450 g/mol. The van der Waals surface area contributed by atoms with Crippen LogP contribution in [-0.4, -0.2) is 41.3 Å². The number of alkyl carbamates (subject to hydrolysis) is 1. The molecule has 2 aromatic rings. The molecule has 0 aliphatic heterocycles. The maximum Gasteiger partial charge on any atom is 0.407 e. The van der Waals surface area contributed by atoms with Crippen LogP contribution in [0.3, 0.4) is 0 Å². The van der Waals surface area contributed by atoms with Crippen molar-refractivity contribution in [3.8, 4) is 11.1 Å². The number of nitrogens with one attached hydrogen (secondary N) is 2. The summed E-state index contributed by atoms with van der Waals surface area (Å²) in [6.07, 6.45) is 1.27. The highest BCUT2D eigenvalue weighted by molar-refractivity contribution is 5.80. The van der Waals surface area contributed by atoms with Gasteiger partial charge in [-0.3, -0.25) is 9.63 Å². The van der Waals surface area contributed by atoms with Gasteiger partial charge in [-0.1, -0.05) is 48.5 Å². The van der Waals surface area contributed by atoms with Crippen LogP contribution in [0.2, 0.25) is 0 Å². The minimum Gasteiger partial charge on any atom is -0.479 e. The molecule has 1 unspecified atom stereocenters. The number of hydroxylamine groups is 1. The Bertz CT molecular complexity index is 1050. The van der Waals surface area contributed by atoms with Crippen molar-refractivity contribution < 1.29 is 29.1 Å². The van der Waals surface area contributed by atoms with E-state index in [1.807, 2.05) is 24.3 Å². The van der Waals surface area contributed by atoms with Gasteiger partial charge in [0.25, 0.3) is 0 Å². The molecule has 2 saturated carbocycles. The van der Waals surface area contributed by atoms with Crippen molar-refractivity contribution in [2.24, 2.45) is 5.92 Å². The number of ether oxygens (including phenoxy) is 1. The number of aliphatic carboxylic acids is 1. The largest absolute Gasteiger partial charge is 0.479 e. The minimum atomic E-state index is -1.09. The Kier molecular flexibility index (Phi) is 5.54. The van der Waals surface area contributed by atoms with Gasteiger partial charge in [0, 0.05) is 5.92 Å². The molecule has 172 valence electrons. The van der Waals surface area contributed by atoms with Crippen LogP contribution in [0, 0.1) is 5.92 Å². The van der Waals surface area contributed by atoms with Crippen molar-refractivity contribution in [3.63, 3.8) is 0 Å². The Labute approximate surface area is 191 Å². The monoisotopic (exact) mass is 450 g/mol. The van der Waals surface area contributed by atoms with Crippen molar-refractivity contribution in [2.45, 2.75) is 49.7 Å². The van der Waals surface area contributed by atoms with E-state index in [2.05, 4.69) is 35.1 Å². The molecule has 2 aromatic carbocycles. The van der Waals surface area contributed by atoms with E-state index in [-0.39, 0.29) is 24.9 Å². The SMILES string of the molecule is O=C(CC1(NC(=O)OCC2c3ccccc3-c3ccccc32)CC1)NOC(C(=O)O)C1CC1. The van der Waals surface area contributed by atoms with Crippen LogP contribution < -0.4 is 10.8 Å². The summed E-state index contributed by atoms with van der Waals surface area (Å²) in [5, 5.41) is 12.0. The average Bonchev–Trinajstić information content (AvgIpc) is 3.72. The number of hydrogen-bond acceptors (Lipinski definition) is 5. The fraction of sp³-hybridized carbons (Fsp3) is 0.400. The van der Waals surface area contributed by atoms with Gasteiger partial charge in [0.05, 0.1) is 12.0 Å². The van der Waals surface area contributed by atoms with Crippen LogP contribution in [0.1, 0.15) is 49.1 Å². The first-order chi connectivity index (χ1) is 16.0. The van der Waals surface area contributed by atoms with Gasteiger partial charge < -0.3 is 15.2 Å². The third-order valence-electron chi connectivity index (χ3n) is 6.66. The molecular formula is C25H26N2O6. The lowest BCUT2D eigenvalue weighted by Crippen LogP contribution is -2.43. The highest BCUT2D eigenvalue weighted by Gasteiger charge is 2.47. The van der Waals surface area contributed by atoms with Crippen LogP contribution in [0.15, 0.2) is 48.5 Å². The first-order valence-corrected chi connectivity index (χ1v) is 11.3. The summed E-state index contributed by atoms with van der Waals surface area (Å²) in [4.78, 5) is 41.1. The Morgan fingerprint density at radius 3 is 2.15 bits per heavy atom. The second-order valence-corrected chi connectivity index (χ2v) is 9.15. The van der Waals surface area contributed by atoms with Gasteiger partial charge in [0.15, 0.2) is 6.10 Å². The van der Waals surface area contributed by atoms with E-state index < -0.39 is 29.6 Å². The fourth-order valence-electron chi connectivity index (χ4n) is 4.57. The van der Waals surface area contributed by atoms with Crippen LogP contribution >= 0.6 is 0 Å². The van der Waals surface area contributed by atoms with Crippen molar-refractivity contribution >= 4 is 18.0 Å². The minimum absolute atomic E-state index is 0.00814. The predicted molar refractivity (Wildman–Crippen MR) is 118 cm³/mol. The number of carboxylic acid groups (broad SMARTS) is 1. The normalized spacial score (nSPS) is 18.5. The molecule has 5 rings (SSSR count). The first kappa shape index (κ1) is 21.5. The lowest BCUT2D eigenvalue weighted by Gasteiger charge is -2.19. The summed E-state index contributed by atoms with van der Waals surface area (Å²) < 4.78 is 5.58. The number of fused-ring (bicyclic) bond motifs is 3. The maximum atomic E-state index is 12.5. The second-order valence-electron chi connectivity index (χ2n) is 9.15. The van der Waals surface area contributed by atoms with Crippen LogP contribution in [0.5, 0.6) is 0 Å². The molecule has 2 amide bonds. The number of hydrogen-bond donors (Lipinski definition) is 3. The van der Waals surface area contributed by atoms with E-state index in [4.69, 9.17) is 9.57 Å². The van der Waals surface area contributed by atoms with Gasteiger partial charge in [-0.2, -0.15) is 0 Å². The van der Waals surface area contributed by atoms with Gasteiger partial charge in [0.1, 0.15) is 6.61 Å². The third kappa shape index (κ3) is 4.57. The lowest BCUT2D eigenvalue weighted by molar-refractivity contribution is -0.162. The molecule has 33 heavy (non-hydrogen) atoms. The van der Waals surface area contributed by atoms with Crippen LogP contribution in [-0.2, 0) is 19.2 Å². The van der Waals surface area contributed by atoms with Crippen LogP contribution in [0.25, 0.3) is 11.1 Å². The smallest absolute Gasteiger partial charge is 0.407 e. The highest BCUT2D eigenvalue weighted by Crippen LogP contribution is 2.44. The quantitative estimate of drug-likeness (QED) is 0.505. The molecule has 3 aliphatic carbocycles.